The molecule has 142 valence electrons. The second kappa shape index (κ2) is 8.35. The second-order valence-electron chi connectivity index (χ2n) is 6.13. The van der Waals surface area contributed by atoms with Crippen molar-refractivity contribution in [3.8, 4) is 0 Å². The van der Waals surface area contributed by atoms with E-state index >= 15 is 0 Å². The molecule has 1 aromatic carbocycles. The van der Waals surface area contributed by atoms with Crippen LogP contribution < -0.4 is 10.6 Å². The van der Waals surface area contributed by atoms with Crippen molar-refractivity contribution >= 4 is 23.2 Å². The van der Waals surface area contributed by atoms with Crippen LogP contribution in [0.15, 0.2) is 47.1 Å². The third-order valence-electron chi connectivity index (χ3n) is 4.39. The van der Waals surface area contributed by atoms with Crippen molar-refractivity contribution in [2.24, 2.45) is 0 Å². The molecular formula is C18H20N4O5. The van der Waals surface area contributed by atoms with E-state index in [9.17, 15) is 19.7 Å². The normalized spacial score (nSPS) is 16.1. The smallest absolute Gasteiger partial charge is 0.292 e. The molecule has 9 heteroatoms. The lowest BCUT2D eigenvalue weighted by molar-refractivity contribution is -0.384. The van der Waals surface area contributed by atoms with E-state index in [0.29, 0.717) is 25.2 Å². The van der Waals surface area contributed by atoms with E-state index in [2.05, 4.69) is 10.6 Å². The third kappa shape index (κ3) is 4.25. The molecule has 0 bridgehead atoms. The highest BCUT2D eigenvalue weighted by Crippen LogP contribution is 2.23. The molecule has 3 rings (SSSR count). The number of benzene rings is 1. The number of carbonyl (C=O) groups is 2. The van der Waals surface area contributed by atoms with E-state index in [1.165, 1.54) is 17.2 Å². The summed E-state index contributed by atoms with van der Waals surface area (Å²) in [4.78, 5) is 36.9. The predicted octanol–water partition coefficient (Wildman–Crippen LogP) is 2.02. The van der Waals surface area contributed by atoms with Crippen molar-refractivity contribution in [1.29, 1.82) is 0 Å². The van der Waals surface area contributed by atoms with Crippen molar-refractivity contribution < 1.29 is 18.9 Å². The van der Waals surface area contributed by atoms with Gasteiger partial charge in [0, 0.05) is 25.7 Å². The van der Waals surface area contributed by atoms with E-state index in [1.54, 1.807) is 30.3 Å². The highest BCUT2D eigenvalue weighted by atomic mass is 16.6. The van der Waals surface area contributed by atoms with Gasteiger partial charge in [0.25, 0.3) is 11.6 Å². The molecule has 1 fully saturated rings. The maximum absolute atomic E-state index is 12.4. The van der Waals surface area contributed by atoms with Crippen molar-refractivity contribution in [3.63, 3.8) is 0 Å². The Morgan fingerprint density at radius 2 is 2.04 bits per heavy atom. The van der Waals surface area contributed by atoms with Crippen LogP contribution in [0.5, 0.6) is 0 Å². The van der Waals surface area contributed by atoms with Crippen LogP contribution >= 0.6 is 0 Å². The summed E-state index contributed by atoms with van der Waals surface area (Å²) >= 11 is 0. The van der Waals surface area contributed by atoms with Gasteiger partial charge in [0.1, 0.15) is 11.7 Å². The van der Waals surface area contributed by atoms with Crippen LogP contribution in [0.25, 0.3) is 0 Å². The summed E-state index contributed by atoms with van der Waals surface area (Å²) in [5.74, 6) is -0.319. The molecule has 9 nitrogen and oxygen atoms in total. The Bertz CT molecular complexity index is 821. The Morgan fingerprint density at radius 1 is 1.22 bits per heavy atom. The average Bonchev–Trinajstić information content (AvgIpc) is 3.36. The number of likely N-dealkylation sites (tertiary alicyclic amines) is 1. The molecule has 1 unspecified atom stereocenters. The van der Waals surface area contributed by atoms with Crippen molar-refractivity contribution in [3.05, 3.63) is 58.5 Å². The third-order valence-corrected chi connectivity index (χ3v) is 4.39. The highest BCUT2D eigenvalue weighted by molar-refractivity contribution is 5.96. The molecule has 1 aromatic heterocycles. The molecule has 2 heterocycles. The number of anilines is 1. The Kier molecular flexibility index (Phi) is 5.70. The van der Waals surface area contributed by atoms with Crippen LogP contribution in [-0.4, -0.2) is 47.3 Å². The molecule has 1 aliphatic rings. The van der Waals surface area contributed by atoms with Crippen LogP contribution in [0, 0.1) is 10.1 Å². The van der Waals surface area contributed by atoms with Gasteiger partial charge < -0.3 is 20.0 Å². The number of furan rings is 1. The molecule has 1 aliphatic heterocycles. The zero-order valence-corrected chi connectivity index (χ0v) is 14.6. The molecule has 0 aliphatic carbocycles. The van der Waals surface area contributed by atoms with Gasteiger partial charge in [0.2, 0.25) is 5.91 Å². The number of hydrogen-bond acceptors (Lipinski definition) is 6. The fourth-order valence-electron chi connectivity index (χ4n) is 3.11. The van der Waals surface area contributed by atoms with Crippen molar-refractivity contribution in [1.82, 2.24) is 10.2 Å². The Balaban J connectivity index is 1.51. The molecule has 1 atom stereocenters. The van der Waals surface area contributed by atoms with Gasteiger partial charge in [-0.2, -0.15) is 0 Å². The number of nitrogens with zero attached hydrogens (tertiary/aromatic N) is 2. The van der Waals surface area contributed by atoms with E-state index in [1.807, 2.05) is 0 Å². The van der Waals surface area contributed by atoms with E-state index in [-0.39, 0.29) is 29.8 Å². The lowest BCUT2D eigenvalue weighted by atomic mass is 10.2. The molecule has 0 saturated carbocycles. The van der Waals surface area contributed by atoms with Crippen LogP contribution in [0.4, 0.5) is 11.4 Å². The van der Waals surface area contributed by atoms with Crippen LogP contribution in [-0.2, 0) is 4.79 Å². The maximum Gasteiger partial charge on any atom is 0.292 e. The highest BCUT2D eigenvalue weighted by Gasteiger charge is 2.35. The number of nitro benzene ring substituents is 1. The maximum atomic E-state index is 12.4. The molecule has 2 amide bonds. The Labute approximate surface area is 155 Å². The number of nitro groups is 1. The van der Waals surface area contributed by atoms with Crippen molar-refractivity contribution in [2.45, 2.75) is 18.9 Å². The van der Waals surface area contributed by atoms with Gasteiger partial charge >= 0.3 is 0 Å². The Morgan fingerprint density at radius 3 is 2.78 bits per heavy atom. The number of rotatable bonds is 7. The fourth-order valence-corrected chi connectivity index (χ4v) is 3.11. The molecule has 27 heavy (non-hydrogen) atoms. The van der Waals surface area contributed by atoms with E-state index < -0.39 is 11.0 Å². The van der Waals surface area contributed by atoms with E-state index in [0.717, 1.165) is 6.42 Å². The summed E-state index contributed by atoms with van der Waals surface area (Å²) in [6, 6.07) is 8.99. The minimum Gasteiger partial charge on any atom is -0.459 e. The number of carbonyl (C=O) groups excluding carboxylic acids is 2. The van der Waals surface area contributed by atoms with Crippen LogP contribution in [0.3, 0.4) is 0 Å². The largest absolute Gasteiger partial charge is 0.459 e. The van der Waals surface area contributed by atoms with E-state index in [4.69, 9.17) is 4.42 Å². The topological polar surface area (TPSA) is 118 Å². The summed E-state index contributed by atoms with van der Waals surface area (Å²) in [5, 5.41) is 16.7. The summed E-state index contributed by atoms with van der Waals surface area (Å²) in [6.07, 6.45) is 2.77. The second-order valence-corrected chi connectivity index (χ2v) is 6.13. The monoisotopic (exact) mass is 372 g/mol. The summed E-state index contributed by atoms with van der Waals surface area (Å²) in [7, 11) is 0. The van der Waals surface area contributed by atoms with Gasteiger partial charge in [-0.15, -0.1) is 0 Å². The molecule has 2 aromatic rings. The standard InChI is InChI=1S/C18H20N4O5/c23-17(15-7-3-11-21(15)18(24)16-8-4-12-27-16)20-10-9-19-13-5-1-2-6-14(13)22(25)26/h1-2,4-6,8,12,15,19H,3,7,9-11H2,(H,20,23). The van der Waals surface area contributed by atoms with Gasteiger partial charge in [0.05, 0.1) is 11.2 Å². The lowest BCUT2D eigenvalue weighted by Crippen LogP contribution is -2.46. The van der Waals surface area contributed by atoms with Gasteiger partial charge in [-0.25, -0.2) is 0 Å². The molecular weight excluding hydrogens is 352 g/mol. The van der Waals surface area contributed by atoms with Crippen LogP contribution in [0.2, 0.25) is 0 Å². The first-order valence-corrected chi connectivity index (χ1v) is 8.67. The summed E-state index contributed by atoms with van der Waals surface area (Å²) in [6.45, 7) is 1.12. The van der Waals surface area contributed by atoms with Crippen LogP contribution in [0.1, 0.15) is 23.4 Å². The summed E-state index contributed by atoms with van der Waals surface area (Å²) in [5.41, 5.74) is 0.377. The lowest BCUT2D eigenvalue weighted by Gasteiger charge is -2.23. The minimum atomic E-state index is -0.534. The number of para-hydroxylation sites is 2. The van der Waals surface area contributed by atoms with Crippen molar-refractivity contribution in [2.75, 3.05) is 25.0 Å². The summed E-state index contributed by atoms with van der Waals surface area (Å²) < 4.78 is 5.13. The average molecular weight is 372 g/mol. The first-order chi connectivity index (χ1) is 13.1. The molecule has 0 radical (unpaired) electrons. The molecule has 2 N–H and O–H groups in total. The van der Waals surface area contributed by atoms with Gasteiger partial charge in [-0.05, 0) is 31.0 Å². The molecule has 0 spiro atoms. The quantitative estimate of drug-likeness (QED) is 0.436. The van der Waals surface area contributed by atoms with Gasteiger partial charge in [-0.1, -0.05) is 12.1 Å². The minimum absolute atomic E-state index is 0.0187. The predicted molar refractivity (Wildman–Crippen MR) is 97.4 cm³/mol. The number of amides is 2. The first-order valence-electron chi connectivity index (χ1n) is 8.67. The van der Waals surface area contributed by atoms with Gasteiger partial charge in [0.15, 0.2) is 5.76 Å². The molecule has 1 saturated heterocycles. The number of nitrogens with one attached hydrogen (secondary N) is 2. The zero-order valence-electron chi connectivity index (χ0n) is 14.6. The zero-order chi connectivity index (χ0) is 19.2. The Hall–Kier alpha value is -3.36. The first kappa shape index (κ1) is 18.4. The SMILES string of the molecule is O=C(NCCNc1ccccc1[N+](=O)[O-])C1CCCN1C(=O)c1ccco1. The van der Waals surface area contributed by atoms with Gasteiger partial charge in [-0.3, -0.25) is 19.7 Å². The fraction of sp³-hybridized carbons (Fsp3) is 0.333. The number of hydrogen-bond donors (Lipinski definition) is 2.